The molecule has 1 aliphatic rings. The molecule has 10 heavy (non-hydrogen) atoms. The molecular weight excluding hydrogens is 122 g/mol. The third kappa shape index (κ3) is 1.44. The van der Waals surface area contributed by atoms with Gasteiger partial charge in [0.2, 0.25) is 0 Å². The van der Waals surface area contributed by atoms with Crippen LogP contribution in [0.2, 0.25) is 0 Å². The van der Waals surface area contributed by atoms with Crippen LogP contribution < -0.4 is 0 Å². The third-order valence-corrected chi connectivity index (χ3v) is 1.53. The molecular formula is C9H11N. The zero-order valence-corrected chi connectivity index (χ0v) is 5.93. The maximum atomic E-state index is 7.45. The van der Waals surface area contributed by atoms with E-state index in [4.69, 9.17) is 5.41 Å². The minimum absolute atomic E-state index is 0.631. The van der Waals surface area contributed by atoms with Crippen molar-refractivity contribution in [3.05, 3.63) is 36.5 Å². The highest BCUT2D eigenvalue weighted by atomic mass is 14.4. The molecule has 0 spiro atoms. The van der Waals surface area contributed by atoms with Gasteiger partial charge in [0.05, 0.1) is 5.71 Å². The molecule has 1 aliphatic carbocycles. The summed E-state index contributed by atoms with van der Waals surface area (Å²) in [6.45, 7) is 3.59. The van der Waals surface area contributed by atoms with Crippen molar-refractivity contribution in [1.82, 2.24) is 0 Å². The van der Waals surface area contributed by atoms with E-state index in [1.165, 1.54) is 0 Å². The van der Waals surface area contributed by atoms with Gasteiger partial charge in [-0.15, -0.1) is 0 Å². The second-order valence-corrected chi connectivity index (χ2v) is 2.28. The molecule has 0 heterocycles. The lowest BCUT2D eigenvalue weighted by Crippen LogP contribution is -2.00. The van der Waals surface area contributed by atoms with Crippen molar-refractivity contribution in [1.29, 1.82) is 5.41 Å². The van der Waals surface area contributed by atoms with Gasteiger partial charge in [-0.3, -0.25) is 0 Å². The van der Waals surface area contributed by atoms with Crippen LogP contribution in [0.1, 0.15) is 12.8 Å². The summed E-state index contributed by atoms with van der Waals surface area (Å²) in [6.07, 6.45) is 9.57. The first kappa shape index (κ1) is 7.00. The molecule has 0 unspecified atom stereocenters. The van der Waals surface area contributed by atoms with Gasteiger partial charge >= 0.3 is 0 Å². The Bertz CT molecular complexity index is 209. The highest BCUT2D eigenvalue weighted by Gasteiger charge is 2.03. The topological polar surface area (TPSA) is 23.9 Å². The molecule has 0 saturated heterocycles. The van der Waals surface area contributed by atoms with Crippen LogP contribution in [0.25, 0.3) is 0 Å². The Morgan fingerprint density at radius 3 is 3.00 bits per heavy atom. The molecule has 0 amide bonds. The van der Waals surface area contributed by atoms with Crippen LogP contribution in [0.3, 0.4) is 0 Å². The lowest BCUT2D eigenvalue weighted by Gasteiger charge is -2.07. The van der Waals surface area contributed by atoms with Gasteiger partial charge < -0.3 is 5.41 Å². The second kappa shape index (κ2) is 3.16. The standard InChI is InChI=1S/C9H11N/c1-2-5-8-6-3-4-7-9(8)10/h2,4-5,7,10H,1,3,6H2/b8-5-,10-9?. The highest BCUT2D eigenvalue weighted by molar-refractivity contribution is 6.07. The van der Waals surface area contributed by atoms with Crippen LogP contribution in [-0.2, 0) is 0 Å². The van der Waals surface area contributed by atoms with E-state index in [0.29, 0.717) is 5.71 Å². The molecule has 0 atom stereocenters. The summed E-state index contributed by atoms with van der Waals surface area (Å²) in [7, 11) is 0. The first-order valence-corrected chi connectivity index (χ1v) is 3.41. The second-order valence-electron chi connectivity index (χ2n) is 2.28. The molecule has 0 aromatic carbocycles. The van der Waals surface area contributed by atoms with Gasteiger partial charge in [0, 0.05) is 0 Å². The van der Waals surface area contributed by atoms with Crippen LogP contribution in [-0.4, -0.2) is 5.71 Å². The lowest BCUT2D eigenvalue weighted by atomic mass is 9.99. The fourth-order valence-corrected chi connectivity index (χ4v) is 0.997. The van der Waals surface area contributed by atoms with Gasteiger partial charge in [-0.05, 0) is 24.5 Å². The first-order valence-electron chi connectivity index (χ1n) is 3.41. The van der Waals surface area contributed by atoms with Crippen LogP contribution in [0.15, 0.2) is 36.5 Å². The zero-order valence-electron chi connectivity index (χ0n) is 5.93. The van der Waals surface area contributed by atoms with E-state index in [9.17, 15) is 0 Å². The van der Waals surface area contributed by atoms with E-state index >= 15 is 0 Å². The van der Waals surface area contributed by atoms with Crippen LogP contribution >= 0.6 is 0 Å². The molecule has 0 aromatic heterocycles. The number of nitrogens with one attached hydrogen (secondary N) is 1. The Balaban J connectivity index is 2.79. The Kier molecular flexibility index (Phi) is 2.21. The lowest BCUT2D eigenvalue weighted by molar-refractivity contribution is 1.00. The van der Waals surface area contributed by atoms with Crippen molar-refractivity contribution >= 4 is 5.71 Å². The summed E-state index contributed by atoms with van der Waals surface area (Å²) in [4.78, 5) is 0. The monoisotopic (exact) mass is 133 g/mol. The molecule has 52 valence electrons. The van der Waals surface area contributed by atoms with Gasteiger partial charge in [0.1, 0.15) is 0 Å². The minimum atomic E-state index is 0.631. The summed E-state index contributed by atoms with van der Waals surface area (Å²) in [5.74, 6) is 0. The maximum absolute atomic E-state index is 7.45. The Hall–Kier alpha value is -1.11. The number of hydrogen-bond acceptors (Lipinski definition) is 1. The van der Waals surface area contributed by atoms with E-state index in [-0.39, 0.29) is 0 Å². The maximum Gasteiger partial charge on any atom is 0.0568 e. The summed E-state index contributed by atoms with van der Waals surface area (Å²) < 4.78 is 0. The molecule has 0 bridgehead atoms. The molecule has 1 N–H and O–H groups in total. The highest BCUT2D eigenvalue weighted by Crippen LogP contribution is 2.13. The fraction of sp³-hybridized carbons (Fsp3) is 0.222. The molecule has 0 saturated carbocycles. The Morgan fingerprint density at radius 1 is 1.60 bits per heavy atom. The molecule has 0 aliphatic heterocycles. The predicted octanol–water partition coefficient (Wildman–Crippen LogP) is 2.47. The van der Waals surface area contributed by atoms with Crippen molar-refractivity contribution in [2.45, 2.75) is 12.8 Å². The van der Waals surface area contributed by atoms with Gasteiger partial charge in [0.25, 0.3) is 0 Å². The van der Waals surface area contributed by atoms with E-state index in [0.717, 1.165) is 18.4 Å². The number of allylic oxidation sites excluding steroid dienone is 5. The fourth-order valence-electron chi connectivity index (χ4n) is 0.997. The Morgan fingerprint density at radius 2 is 2.40 bits per heavy atom. The summed E-state index contributed by atoms with van der Waals surface area (Å²) >= 11 is 0. The molecule has 1 heteroatoms. The zero-order chi connectivity index (χ0) is 7.40. The van der Waals surface area contributed by atoms with Crippen LogP contribution in [0.5, 0.6) is 0 Å². The first-order chi connectivity index (χ1) is 4.84. The van der Waals surface area contributed by atoms with E-state index in [1.807, 2.05) is 18.2 Å². The summed E-state index contributed by atoms with van der Waals surface area (Å²) in [5, 5.41) is 7.45. The smallest absolute Gasteiger partial charge is 0.0568 e. The third-order valence-electron chi connectivity index (χ3n) is 1.53. The number of rotatable bonds is 1. The van der Waals surface area contributed by atoms with Crippen molar-refractivity contribution in [2.75, 3.05) is 0 Å². The van der Waals surface area contributed by atoms with Crippen molar-refractivity contribution < 1.29 is 0 Å². The quantitative estimate of drug-likeness (QED) is 0.568. The SMILES string of the molecule is C=C/C=C1/CCC=CC1=N. The van der Waals surface area contributed by atoms with Gasteiger partial charge in [-0.25, -0.2) is 0 Å². The average Bonchev–Trinajstić information content (AvgIpc) is 1.94. The van der Waals surface area contributed by atoms with Crippen molar-refractivity contribution in [3.8, 4) is 0 Å². The van der Waals surface area contributed by atoms with Crippen LogP contribution in [0.4, 0.5) is 0 Å². The predicted molar refractivity (Wildman–Crippen MR) is 44.4 cm³/mol. The van der Waals surface area contributed by atoms with Crippen molar-refractivity contribution in [3.63, 3.8) is 0 Å². The van der Waals surface area contributed by atoms with Gasteiger partial charge in [-0.1, -0.05) is 24.8 Å². The van der Waals surface area contributed by atoms with Gasteiger partial charge in [-0.2, -0.15) is 0 Å². The van der Waals surface area contributed by atoms with E-state index < -0.39 is 0 Å². The van der Waals surface area contributed by atoms with Gasteiger partial charge in [0.15, 0.2) is 0 Å². The minimum Gasteiger partial charge on any atom is -0.301 e. The molecule has 0 aromatic rings. The number of hydrogen-bond donors (Lipinski definition) is 1. The molecule has 0 radical (unpaired) electrons. The van der Waals surface area contributed by atoms with Crippen molar-refractivity contribution in [2.24, 2.45) is 0 Å². The normalized spacial score (nSPS) is 21.6. The molecule has 1 nitrogen and oxygen atoms in total. The largest absolute Gasteiger partial charge is 0.301 e. The van der Waals surface area contributed by atoms with E-state index in [1.54, 1.807) is 6.08 Å². The summed E-state index contributed by atoms with van der Waals surface area (Å²) in [5.41, 5.74) is 1.73. The average molecular weight is 133 g/mol. The molecule has 1 rings (SSSR count). The van der Waals surface area contributed by atoms with Crippen LogP contribution in [0, 0.1) is 5.41 Å². The van der Waals surface area contributed by atoms with E-state index in [2.05, 4.69) is 6.58 Å². The molecule has 0 fully saturated rings. The Labute approximate surface area is 61.3 Å². The summed E-state index contributed by atoms with van der Waals surface area (Å²) in [6, 6.07) is 0.